The summed E-state index contributed by atoms with van der Waals surface area (Å²) >= 11 is 5.11. The van der Waals surface area contributed by atoms with Gasteiger partial charge in [0.2, 0.25) is 5.91 Å². The van der Waals surface area contributed by atoms with Crippen molar-refractivity contribution in [2.24, 2.45) is 11.5 Å². The topological polar surface area (TPSA) is 72.3 Å². The van der Waals surface area contributed by atoms with E-state index in [1.54, 1.807) is 11.3 Å². The molecule has 0 spiro atoms. The molecule has 6 heteroatoms. The maximum Gasteiger partial charge on any atom is 0.234 e. The molecule has 1 aromatic rings. The van der Waals surface area contributed by atoms with Crippen LogP contribution < -0.4 is 11.5 Å². The van der Waals surface area contributed by atoms with E-state index in [4.69, 9.17) is 11.5 Å². The lowest BCUT2D eigenvalue weighted by molar-refractivity contribution is -0.122. The minimum absolute atomic E-state index is 0.103. The van der Waals surface area contributed by atoms with Gasteiger partial charge in [-0.2, -0.15) is 0 Å². The Hall–Kier alpha value is -0.430. The van der Waals surface area contributed by atoms with E-state index in [9.17, 15) is 4.79 Å². The number of thiophene rings is 1. The van der Waals surface area contributed by atoms with Gasteiger partial charge in [0.15, 0.2) is 0 Å². The number of nitrogens with two attached hydrogens (primary N) is 2. The number of primary amides is 1. The maximum absolute atomic E-state index is 11.4. The number of carbonyl (C=O) groups excluding carboxylic acids is 1. The van der Waals surface area contributed by atoms with Gasteiger partial charge in [-0.1, -0.05) is 0 Å². The summed E-state index contributed by atoms with van der Waals surface area (Å²) < 4.78 is 1.08. The molecule has 2 heterocycles. The van der Waals surface area contributed by atoms with Crippen LogP contribution in [0.3, 0.4) is 0 Å². The Morgan fingerprint density at radius 2 is 2.41 bits per heavy atom. The van der Waals surface area contributed by atoms with Crippen LogP contribution in [0.15, 0.2) is 15.9 Å². The van der Waals surface area contributed by atoms with Gasteiger partial charge < -0.3 is 11.5 Å². The molecule has 0 saturated carbocycles. The van der Waals surface area contributed by atoms with Crippen LogP contribution in [0.1, 0.15) is 23.8 Å². The summed E-state index contributed by atoms with van der Waals surface area (Å²) in [5.74, 6) is -0.239. The van der Waals surface area contributed by atoms with E-state index in [2.05, 4.69) is 26.9 Å². The molecule has 2 unspecified atom stereocenters. The summed E-state index contributed by atoms with van der Waals surface area (Å²) in [4.78, 5) is 14.7. The van der Waals surface area contributed by atoms with E-state index in [0.29, 0.717) is 6.54 Å². The maximum atomic E-state index is 11.4. The summed E-state index contributed by atoms with van der Waals surface area (Å²) in [7, 11) is 0. The van der Waals surface area contributed by atoms with Crippen molar-refractivity contribution in [2.45, 2.75) is 24.9 Å². The highest BCUT2D eigenvalue weighted by Crippen LogP contribution is 2.34. The van der Waals surface area contributed by atoms with E-state index < -0.39 is 0 Å². The van der Waals surface area contributed by atoms with Crippen molar-refractivity contribution in [3.63, 3.8) is 0 Å². The molecule has 0 bridgehead atoms. The Balaban J connectivity index is 2.20. The van der Waals surface area contributed by atoms with Gasteiger partial charge in [-0.05, 0) is 47.4 Å². The highest BCUT2D eigenvalue weighted by Gasteiger charge is 2.34. The minimum Gasteiger partial charge on any atom is -0.368 e. The molecular weight excluding hydrogens is 302 g/mol. The van der Waals surface area contributed by atoms with Crippen molar-refractivity contribution in [1.29, 1.82) is 0 Å². The fourth-order valence-corrected chi connectivity index (χ4v) is 3.95. The van der Waals surface area contributed by atoms with Gasteiger partial charge in [0, 0.05) is 11.4 Å². The van der Waals surface area contributed by atoms with E-state index >= 15 is 0 Å². The standard InChI is InChI=1S/C11H16BrN3OS/c12-10-4-3-9(17-10)8(6-13)15-5-1-2-7(15)11(14)16/h3-4,7-8H,1-2,5-6,13H2,(H2,14,16). The zero-order valence-corrected chi connectivity index (χ0v) is 11.8. The van der Waals surface area contributed by atoms with Crippen molar-refractivity contribution < 1.29 is 4.79 Å². The second-order valence-electron chi connectivity index (χ2n) is 4.19. The quantitative estimate of drug-likeness (QED) is 0.883. The first kappa shape index (κ1) is 13.0. The SMILES string of the molecule is NCC(c1ccc(Br)s1)N1CCCC1C(N)=O. The Morgan fingerprint density at radius 3 is 2.94 bits per heavy atom. The third-order valence-corrected chi connectivity index (χ3v) is 4.89. The zero-order valence-electron chi connectivity index (χ0n) is 9.43. The third-order valence-electron chi connectivity index (χ3n) is 3.17. The van der Waals surface area contributed by atoms with Crippen LogP contribution in [-0.4, -0.2) is 29.9 Å². The summed E-state index contributed by atoms with van der Waals surface area (Å²) in [6.07, 6.45) is 1.86. The number of rotatable bonds is 4. The van der Waals surface area contributed by atoms with Crippen LogP contribution in [0.5, 0.6) is 0 Å². The number of hydrogen-bond acceptors (Lipinski definition) is 4. The van der Waals surface area contributed by atoms with Gasteiger partial charge in [-0.25, -0.2) is 0 Å². The molecule has 1 aliphatic rings. The number of hydrogen-bond donors (Lipinski definition) is 2. The van der Waals surface area contributed by atoms with Crippen LogP contribution in [0.2, 0.25) is 0 Å². The Kier molecular flexibility index (Phi) is 4.19. The number of likely N-dealkylation sites (tertiary alicyclic amines) is 1. The van der Waals surface area contributed by atoms with Gasteiger partial charge in [0.05, 0.1) is 15.9 Å². The Morgan fingerprint density at radius 1 is 1.65 bits per heavy atom. The lowest BCUT2D eigenvalue weighted by Crippen LogP contribution is -2.44. The lowest BCUT2D eigenvalue weighted by Gasteiger charge is -2.29. The fourth-order valence-electron chi connectivity index (χ4n) is 2.39. The number of carbonyl (C=O) groups is 1. The van der Waals surface area contributed by atoms with Crippen molar-refractivity contribution >= 4 is 33.2 Å². The van der Waals surface area contributed by atoms with Crippen molar-refractivity contribution in [1.82, 2.24) is 4.90 Å². The number of amides is 1. The van der Waals surface area contributed by atoms with Crippen LogP contribution in [0.25, 0.3) is 0 Å². The average molecular weight is 318 g/mol. The summed E-state index contributed by atoms with van der Waals surface area (Å²) in [6, 6.07) is 4.01. The summed E-state index contributed by atoms with van der Waals surface area (Å²) in [6.45, 7) is 1.40. The molecule has 94 valence electrons. The monoisotopic (exact) mass is 317 g/mol. The van der Waals surface area contributed by atoms with Gasteiger partial charge in [-0.3, -0.25) is 9.69 Å². The molecule has 4 N–H and O–H groups in total. The zero-order chi connectivity index (χ0) is 12.4. The molecule has 1 amide bonds. The Labute approximate surface area is 113 Å². The largest absolute Gasteiger partial charge is 0.368 e. The predicted molar refractivity (Wildman–Crippen MR) is 72.7 cm³/mol. The average Bonchev–Trinajstić information content (AvgIpc) is 2.89. The van der Waals surface area contributed by atoms with Crippen LogP contribution >= 0.6 is 27.3 Å². The van der Waals surface area contributed by atoms with Crippen molar-refractivity contribution in [3.8, 4) is 0 Å². The van der Waals surface area contributed by atoms with Crippen LogP contribution in [0.4, 0.5) is 0 Å². The summed E-state index contributed by atoms with van der Waals surface area (Å²) in [5, 5.41) is 0. The second-order valence-corrected chi connectivity index (χ2v) is 6.69. The molecule has 2 atom stereocenters. The second kappa shape index (κ2) is 5.48. The summed E-state index contributed by atoms with van der Waals surface area (Å²) in [5.41, 5.74) is 11.3. The molecule has 0 aromatic carbocycles. The molecule has 2 rings (SSSR count). The molecule has 4 nitrogen and oxygen atoms in total. The van der Waals surface area contributed by atoms with Crippen molar-refractivity contribution in [3.05, 3.63) is 20.8 Å². The van der Waals surface area contributed by atoms with Gasteiger partial charge in [0.1, 0.15) is 0 Å². The van der Waals surface area contributed by atoms with Crippen molar-refractivity contribution in [2.75, 3.05) is 13.1 Å². The number of nitrogens with zero attached hydrogens (tertiary/aromatic N) is 1. The molecule has 0 aliphatic carbocycles. The van der Waals surface area contributed by atoms with Crippen LogP contribution in [0, 0.1) is 0 Å². The van der Waals surface area contributed by atoms with E-state index in [-0.39, 0.29) is 18.0 Å². The molecule has 0 radical (unpaired) electrons. The minimum atomic E-state index is -0.239. The first-order valence-electron chi connectivity index (χ1n) is 5.64. The van der Waals surface area contributed by atoms with Gasteiger partial charge in [0.25, 0.3) is 0 Å². The molecule has 1 fully saturated rings. The number of halogens is 1. The first-order chi connectivity index (χ1) is 8.13. The third kappa shape index (κ3) is 2.70. The van der Waals surface area contributed by atoms with Gasteiger partial charge >= 0.3 is 0 Å². The molecule has 1 aliphatic heterocycles. The Bertz CT molecular complexity index is 409. The van der Waals surface area contributed by atoms with E-state index in [1.807, 2.05) is 6.07 Å². The highest BCUT2D eigenvalue weighted by molar-refractivity contribution is 9.11. The molecule has 1 saturated heterocycles. The lowest BCUT2D eigenvalue weighted by atomic mass is 10.1. The smallest absolute Gasteiger partial charge is 0.234 e. The first-order valence-corrected chi connectivity index (χ1v) is 7.24. The van der Waals surface area contributed by atoms with E-state index in [0.717, 1.165) is 23.2 Å². The van der Waals surface area contributed by atoms with E-state index in [1.165, 1.54) is 4.88 Å². The van der Waals surface area contributed by atoms with Crippen LogP contribution in [-0.2, 0) is 4.79 Å². The molecule has 1 aromatic heterocycles. The normalized spacial score (nSPS) is 22.8. The fraction of sp³-hybridized carbons (Fsp3) is 0.545. The van der Waals surface area contributed by atoms with Gasteiger partial charge in [-0.15, -0.1) is 11.3 Å². The molecule has 17 heavy (non-hydrogen) atoms. The predicted octanol–water partition coefficient (Wildman–Crippen LogP) is 1.46. The molecular formula is C11H16BrN3OS. The highest BCUT2D eigenvalue weighted by atomic mass is 79.9.